The molecule has 1 aromatic carbocycles. The Hall–Kier alpha value is -1.34. The first kappa shape index (κ1) is 18.0. The van der Waals surface area contributed by atoms with Gasteiger partial charge >= 0.3 is 5.97 Å². The van der Waals surface area contributed by atoms with Gasteiger partial charge in [0.15, 0.2) is 0 Å². The molecule has 0 aliphatic carbocycles. The molecule has 1 aliphatic heterocycles. The van der Waals surface area contributed by atoms with E-state index in [0.29, 0.717) is 23.1 Å². The highest BCUT2D eigenvalue weighted by molar-refractivity contribution is 6.42. The average molecular weight is 362 g/mol. The number of carbonyl (C=O) groups excluding carboxylic acids is 1. The Kier molecular flexibility index (Phi) is 6.65. The molecule has 126 valence electrons. The first-order chi connectivity index (χ1) is 11.0. The summed E-state index contributed by atoms with van der Waals surface area (Å²) in [4.78, 5) is 22.8. The van der Waals surface area contributed by atoms with Crippen LogP contribution in [0.3, 0.4) is 0 Å². The van der Waals surface area contributed by atoms with Crippen LogP contribution in [-0.2, 0) is 25.5 Å². The minimum absolute atomic E-state index is 0.153. The van der Waals surface area contributed by atoms with E-state index in [9.17, 15) is 9.59 Å². The molecule has 0 spiro atoms. The van der Waals surface area contributed by atoms with E-state index in [4.69, 9.17) is 37.8 Å². The molecule has 0 aromatic heterocycles. The second-order valence-electron chi connectivity index (χ2n) is 5.21. The van der Waals surface area contributed by atoms with Crippen molar-refractivity contribution in [2.75, 3.05) is 19.8 Å². The van der Waals surface area contributed by atoms with Crippen molar-refractivity contribution in [1.82, 2.24) is 5.32 Å². The van der Waals surface area contributed by atoms with Crippen molar-refractivity contribution in [3.63, 3.8) is 0 Å². The van der Waals surface area contributed by atoms with Gasteiger partial charge in [-0.1, -0.05) is 29.3 Å². The summed E-state index contributed by atoms with van der Waals surface area (Å²) in [6.07, 6.45) is 0.245. The minimum Gasteiger partial charge on any atom is -0.480 e. The van der Waals surface area contributed by atoms with Crippen LogP contribution < -0.4 is 5.32 Å². The fraction of sp³-hybridized carbons (Fsp3) is 0.467. The number of amides is 1. The van der Waals surface area contributed by atoms with E-state index in [1.165, 1.54) is 0 Å². The Morgan fingerprint density at radius 3 is 2.83 bits per heavy atom. The summed E-state index contributed by atoms with van der Waals surface area (Å²) in [5.74, 6) is -1.25. The molecule has 1 aromatic rings. The molecule has 1 heterocycles. The van der Waals surface area contributed by atoms with Crippen LogP contribution in [0, 0.1) is 0 Å². The zero-order valence-corrected chi connectivity index (χ0v) is 13.8. The SMILES string of the molecule is O=C(O)COC1COCCC1NC(=O)Cc1ccc(Cl)c(Cl)c1. The molecule has 2 N–H and O–H groups in total. The smallest absolute Gasteiger partial charge is 0.329 e. The second-order valence-corrected chi connectivity index (χ2v) is 6.02. The highest BCUT2D eigenvalue weighted by atomic mass is 35.5. The van der Waals surface area contributed by atoms with Crippen molar-refractivity contribution in [1.29, 1.82) is 0 Å². The van der Waals surface area contributed by atoms with Crippen LogP contribution in [0.15, 0.2) is 18.2 Å². The molecular formula is C15H17Cl2NO5. The van der Waals surface area contributed by atoms with Crippen LogP contribution >= 0.6 is 23.2 Å². The van der Waals surface area contributed by atoms with Crippen molar-refractivity contribution in [2.45, 2.75) is 25.0 Å². The summed E-state index contributed by atoms with van der Waals surface area (Å²) in [6.45, 7) is 0.322. The van der Waals surface area contributed by atoms with Crippen LogP contribution in [0.4, 0.5) is 0 Å². The summed E-state index contributed by atoms with van der Waals surface area (Å²) in [6, 6.07) is 4.74. The van der Waals surface area contributed by atoms with Gasteiger partial charge in [-0.05, 0) is 24.1 Å². The van der Waals surface area contributed by atoms with E-state index in [1.807, 2.05) is 0 Å². The molecule has 2 rings (SSSR count). The zero-order chi connectivity index (χ0) is 16.8. The number of ether oxygens (including phenoxy) is 2. The molecule has 6 nitrogen and oxygen atoms in total. The summed E-state index contributed by atoms with van der Waals surface area (Å²) >= 11 is 11.8. The Balaban J connectivity index is 1.91. The number of nitrogens with one attached hydrogen (secondary N) is 1. The van der Waals surface area contributed by atoms with E-state index in [0.717, 1.165) is 5.56 Å². The van der Waals surface area contributed by atoms with Gasteiger partial charge in [-0.2, -0.15) is 0 Å². The first-order valence-electron chi connectivity index (χ1n) is 7.10. The van der Waals surface area contributed by atoms with Crippen molar-refractivity contribution in [3.8, 4) is 0 Å². The number of hydrogen-bond donors (Lipinski definition) is 2. The number of hydrogen-bond acceptors (Lipinski definition) is 4. The van der Waals surface area contributed by atoms with Crippen molar-refractivity contribution < 1.29 is 24.2 Å². The molecule has 23 heavy (non-hydrogen) atoms. The third-order valence-corrected chi connectivity index (χ3v) is 4.16. The van der Waals surface area contributed by atoms with Gasteiger partial charge in [0.2, 0.25) is 5.91 Å². The molecule has 1 fully saturated rings. The predicted octanol–water partition coefficient (Wildman–Crippen LogP) is 1.91. The largest absolute Gasteiger partial charge is 0.480 e. The summed E-state index contributed by atoms with van der Waals surface area (Å²) in [7, 11) is 0. The fourth-order valence-electron chi connectivity index (χ4n) is 2.31. The molecular weight excluding hydrogens is 345 g/mol. The van der Waals surface area contributed by atoms with Crippen LogP contribution in [-0.4, -0.2) is 48.9 Å². The van der Waals surface area contributed by atoms with Crippen LogP contribution in [0.2, 0.25) is 10.0 Å². The molecule has 1 aliphatic rings. The van der Waals surface area contributed by atoms with E-state index in [-0.39, 0.29) is 25.0 Å². The lowest BCUT2D eigenvalue weighted by molar-refractivity contribution is -0.149. The molecule has 2 atom stereocenters. The summed E-state index contributed by atoms with van der Waals surface area (Å²) < 4.78 is 10.5. The lowest BCUT2D eigenvalue weighted by Gasteiger charge is -2.31. The lowest BCUT2D eigenvalue weighted by atomic mass is 10.0. The summed E-state index contributed by atoms with van der Waals surface area (Å²) in [5.41, 5.74) is 0.743. The van der Waals surface area contributed by atoms with Gasteiger partial charge in [0, 0.05) is 6.61 Å². The molecule has 0 bridgehead atoms. The standard InChI is InChI=1S/C15H17Cl2NO5/c16-10-2-1-9(5-11(10)17)6-14(19)18-12-3-4-22-7-13(12)23-8-15(20)21/h1-2,5,12-13H,3-4,6-8H2,(H,18,19)(H,20,21). The average Bonchev–Trinajstić information content (AvgIpc) is 2.50. The molecule has 0 saturated carbocycles. The highest BCUT2D eigenvalue weighted by Crippen LogP contribution is 2.22. The monoisotopic (exact) mass is 361 g/mol. The molecule has 1 saturated heterocycles. The first-order valence-corrected chi connectivity index (χ1v) is 7.85. The molecule has 8 heteroatoms. The van der Waals surface area contributed by atoms with Crippen LogP contribution in [0.25, 0.3) is 0 Å². The van der Waals surface area contributed by atoms with E-state index in [1.54, 1.807) is 18.2 Å². The third-order valence-electron chi connectivity index (χ3n) is 3.42. The summed E-state index contributed by atoms with van der Waals surface area (Å²) in [5, 5.41) is 12.4. The minimum atomic E-state index is -1.06. The van der Waals surface area contributed by atoms with Gasteiger partial charge < -0.3 is 19.9 Å². The Bertz CT molecular complexity index is 581. The normalized spacial score (nSPS) is 21.0. The van der Waals surface area contributed by atoms with E-state index in [2.05, 4.69) is 5.32 Å². The fourth-order valence-corrected chi connectivity index (χ4v) is 2.63. The third kappa shape index (κ3) is 5.66. The number of carboxylic acids is 1. The lowest BCUT2D eigenvalue weighted by Crippen LogP contribution is -2.50. The molecule has 1 amide bonds. The van der Waals surface area contributed by atoms with Gasteiger partial charge in [0.1, 0.15) is 12.7 Å². The topological polar surface area (TPSA) is 84.9 Å². The van der Waals surface area contributed by atoms with E-state index >= 15 is 0 Å². The maximum atomic E-state index is 12.2. The predicted molar refractivity (Wildman–Crippen MR) is 84.9 cm³/mol. The van der Waals surface area contributed by atoms with Gasteiger partial charge in [0.05, 0.1) is 29.1 Å². The zero-order valence-electron chi connectivity index (χ0n) is 12.3. The van der Waals surface area contributed by atoms with Crippen LogP contribution in [0.5, 0.6) is 0 Å². The maximum absolute atomic E-state index is 12.2. The number of carboxylic acid groups (broad SMARTS) is 1. The number of aliphatic carboxylic acids is 1. The van der Waals surface area contributed by atoms with Crippen LogP contribution in [0.1, 0.15) is 12.0 Å². The maximum Gasteiger partial charge on any atom is 0.329 e. The van der Waals surface area contributed by atoms with Gasteiger partial charge in [-0.15, -0.1) is 0 Å². The Labute approximate surface area is 143 Å². The van der Waals surface area contributed by atoms with Crippen molar-refractivity contribution >= 4 is 35.1 Å². The number of benzene rings is 1. The Morgan fingerprint density at radius 1 is 1.35 bits per heavy atom. The van der Waals surface area contributed by atoms with Gasteiger partial charge in [0.25, 0.3) is 0 Å². The number of halogens is 2. The Morgan fingerprint density at radius 2 is 2.13 bits per heavy atom. The highest BCUT2D eigenvalue weighted by Gasteiger charge is 2.28. The second kappa shape index (κ2) is 8.49. The van der Waals surface area contributed by atoms with Crippen molar-refractivity contribution in [2.24, 2.45) is 0 Å². The van der Waals surface area contributed by atoms with Gasteiger partial charge in [-0.3, -0.25) is 4.79 Å². The van der Waals surface area contributed by atoms with Crippen molar-refractivity contribution in [3.05, 3.63) is 33.8 Å². The molecule has 0 radical (unpaired) electrons. The quantitative estimate of drug-likeness (QED) is 0.808. The number of carbonyl (C=O) groups is 2. The van der Waals surface area contributed by atoms with Gasteiger partial charge in [-0.25, -0.2) is 4.79 Å². The molecule has 2 unspecified atom stereocenters. The van der Waals surface area contributed by atoms with E-state index < -0.39 is 18.7 Å². The number of rotatable bonds is 6.